The van der Waals surface area contributed by atoms with E-state index < -0.39 is 12.6 Å². The van der Waals surface area contributed by atoms with E-state index >= 15 is 0 Å². The molecule has 0 radical (unpaired) electrons. The number of nitrogens with zero attached hydrogens (tertiary/aromatic N) is 1. The highest BCUT2D eigenvalue weighted by Crippen LogP contribution is 2.45. The third kappa shape index (κ3) is 2.65. The summed E-state index contributed by atoms with van der Waals surface area (Å²) in [6.45, 7) is 0. The van der Waals surface area contributed by atoms with Crippen LogP contribution in [0, 0.1) is 11.8 Å². The van der Waals surface area contributed by atoms with Crippen LogP contribution in [0.1, 0.15) is 31.1 Å². The van der Waals surface area contributed by atoms with Gasteiger partial charge in [-0.3, -0.25) is 0 Å². The van der Waals surface area contributed by atoms with Gasteiger partial charge in [0.15, 0.2) is 0 Å². The number of imidazole rings is 1. The lowest BCUT2D eigenvalue weighted by Crippen LogP contribution is -2.36. The molecule has 6 heteroatoms. The van der Waals surface area contributed by atoms with Gasteiger partial charge in [-0.2, -0.15) is 13.2 Å². The molecule has 1 heterocycles. The minimum absolute atomic E-state index is 0.0860. The maximum atomic E-state index is 12.3. The zero-order chi connectivity index (χ0) is 14.3. The van der Waals surface area contributed by atoms with Crippen molar-refractivity contribution in [3.63, 3.8) is 0 Å². The highest BCUT2D eigenvalue weighted by atomic mass is 19.4. The molecular weight excluding hydrogens is 267 g/mol. The van der Waals surface area contributed by atoms with E-state index in [-0.39, 0.29) is 17.9 Å². The van der Waals surface area contributed by atoms with E-state index in [9.17, 15) is 13.2 Å². The lowest BCUT2D eigenvalue weighted by molar-refractivity contribution is -0.154. The van der Waals surface area contributed by atoms with Gasteiger partial charge in [-0.25, -0.2) is 4.98 Å². The van der Waals surface area contributed by atoms with Crippen LogP contribution in [0.3, 0.4) is 0 Å². The second kappa shape index (κ2) is 4.77. The van der Waals surface area contributed by atoms with E-state index in [1.807, 2.05) is 24.3 Å². The number of fused-ring (bicyclic) bond motifs is 1. The maximum absolute atomic E-state index is 12.3. The summed E-state index contributed by atoms with van der Waals surface area (Å²) in [6, 6.07) is 7.27. The molecule has 108 valence electrons. The number of rotatable bonds is 3. The summed E-state index contributed by atoms with van der Waals surface area (Å²) < 4.78 is 36.8. The Labute approximate surface area is 114 Å². The van der Waals surface area contributed by atoms with Crippen molar-refractivity contribution in [1.29, 1.82) is 0 Å². The number of halogens is 3. The largest absolute Gasteiger partial charge is 0.389 e. The molecular formula is C14H16F3N3. The van der Waals surface area contributed by atoms with Gasteiger partial charge in [0.05, 0.1) is 17.1 Å². The predicted octanol–water partition coefficient (Wildman–Crippen LogP) is 3.54. The lowest BCUT2D eigenvalue weighted by atomic mass is 9.69. The van der Waals surface area contributed by atoms with Gasteiger partial charge in [0.2, 0.25) is 0 Å². The van der Waals surface area contributed by atoms with Crippen LogP contribution in [-0.4, -0.2) is 16.1 Å². The Morgan fingerprint density at radius 2 is 2.00 bits per heavy atom. The van der Waals surface area contributed by atoms with E-state index in [1.54, 1.807) is 0 Å². The van der Waals surface area contributed by atoms with Crippen LogP contribution in [0.5, 0.6) is 0 Å². The molecule has 3 rings (SSSR count). The third-order valence-electron chi connectivity index (χ3n) is 4.02. The molecule has 0 spiro atoms. The van der Waals surface area contributed by atoms with Gasteiger partial charge in [-0.05, 0) is 36.8 Å². The van der Waals surface area contributed by atoms with E-state index in [0.29, 0.717) is 18.7 Å². The number of aromatic nitrogens is 2. The van der Waals surface area contributed by atoms with Gasteiger partial charge in [0, 0.05) is 6.42 Å². The van der Waals surface area contributed by atoms with Crippen LogP contribution < -0.4 is 5.73 Å². The number of benzene rings is 1. The summed E-state index contributed by atoms with van der Waals surface area (Å²) >= 11 is 0. The van der Waals surface area contributed by atoms with Crippen molar-refractivity contribution in [1.82, 2.24) is 9.97 Å². The topological polar surface area (TPSA) is 54.7 Å². The quantitative estimate of drug-likeness (QED) is 0.905. The summed E-state index contributed by atoms with van der Waals surface area (Å²) in [4.78, 5) is 7.56. The van der Waals surface area contributed by atoms with Crippen LogP contribution in [0.15, 0.2) is 24.3 Å². The minimum atomic E-state index is -4.07. The van der Waals surface area contributed by atoms with Gasteiger partial charge in [0.1, 0.15) is 5.82 Å². The molecule has 1 atom stereocenters. The summed E-state index contributed by atoms with van der Waals surface area (Å²) in [5.41, 5.74) is 7.86. The number of nitrogens with two attached hydrogens (primary N) is 1. The molecule has 1 saturated carbocycles. The van der Waals surface area contributed by atoms with Gasteiger partial charge in [-0.15, -0.1) is 0 Å². The van der Waals surface area contributed by atoms with Crippen molar-refractivity contribution in [3.05, 3.63) is 30.1 Å². The number of nitrogens with one attached hydrogen (secondary N) is 1. The lowest BCUT2D eigenvalue weighted by Gasteiger charge is -2.38. The summed E-state index contributed by atoms with van der Waals surface area (Å²) in [6.07, 6.45) is -3.72. The summed E-state index contributed by atoms with van der Waals surface area (Å²) in [7, 11) is 0. The van der Waals surface area contributed by atoms with Crippen molar-refractivity contribution in [2.75, 3.05) is 0 Å². The second-order valence-corrected chi connectivity index (χ2v) is 5.58. The number of para-hydroxylation sites is 2. The van der Waals surface area contributed by atoms with Gasteiger partial charge in [0.25, 0.3) is 0 Å². The molecule has 0 unspecified atom stereocenters. The van der Waals surface area contributed by atoms with Crippen LogP contribution >= 0.6 is 0 Å². The normalized spacial score (nSPS) is 24.6. The maximum Gasteiger partial charge on any atom is 0.389 e. The molecule has 20 heavy (non-hydrogen) atoms. The molecule has 0 saturated heterocycles. The monoisotopic (exact) mass is 283 g/mol. The number of aromatic amines is 1. The van der Waals surface area contributed by atoms with Gasteiger partial charge < -0.3 is 10.7 Å². The fourth-order valence-corrected chi connectivity index (χ4v) is 2.93. The van der Waals surface area contributed by atoms with Gasteiger partial charge in [-0.1, -0.05) is 12.1 Å². The average molecular weight is 283 g/mol. The van der Waals surface area contributed by atoms with E-state index in [4.69, 9.17) is 5.73 Å². The van der Waals surface area contributed by atoms with Crippen LogP contribution in [-0.2, 0) is 0 Å². The molecule has 1 aromatic heterocycles. The molecule has 0 amide bonds. The summed E-state index contributed by atoms with van der Waals surface area (Å²) in [5, 5.41) is 0. The standard InChI is InChI=1S/C14H16F3N3/c15-14(16,17)7-8-5-9(6-8)12(18)13-19-10-3-1-2-4-11(10)20-13/h1-4,8-9,12H,5-7,18H2,(H,19,20)/t8?,9?,12-/m0/s1. The van der Waals surface area contributed by atoms with E-state index in [0.717, 1.165) is 11.0 Å². The smallest absolute Gasteiger partial charge is 0.341 e. The Morgan fingerprint density at radius 3 is 2.65 bits per heavy atom. The fourth-order valence-electron chi connectivity index (χ4n) is 2.93. The number of H-pyrrole nitrogens is 1. The molecule has 0 aliphatic heterocycles. The van der Waals surface area contributed by atoms with Gasteiger partial charge >= 0.3 is 6.18 Å². The first kappa shape index (κ1) is 13.4. The Morgan fingerprint density at radius 1 is 1.30 bits per heavy atom. The highest BCUT2D eigenvalue weighted by Gasteiger charge is 2.41. The Hall–Kier alpha value is -1.56. The van der Waals surface area contributed by atoms with Crippen molar-refractivity contribution >= 4 is 11.0 Å². The van der Waals surface area contributed by atoms with Crippen LogP contribution in [0.2, 0.25) is 0 Å². The zero-order valence-electron chi connectivity index (χ0n) is 10.8. The first-order chi connectivity index (χ1) is 9.42. The first-order valence-corrected chi connectivity index (χ1v) is 6.69. The summed E-state index contributed by atoms with van der Waals surface area (Å²) in [5.74, 6) is 0.472. The minimum Gasteiger partial charge on any atom is -0.341 e. The molecule has 0 bridgehead atoms. The first-order valence-electron chi connectivity index (χ1n) is 6.69. The Kier molecular flexibility index (Phi) is 3.20. The Balaban J connectivity index is 1.64. The SMILES string of the molecule is N[C@H](c1nc2ccccc2[nH]1)C1CC(CC(F)(F)F)C1. The third-order valence-corrected chi connectivity index (χ3v) is 4.02. The molecule has 1 aromatic carbocycles. The van der Waals surface area contributed by atoms with Crippen molar-refractivity contribution in [2.24, 2.45) is 17.6 Å². The zero-order valence-corrected chi connectivity index (χ0v) is 10.8. The molecule has 1 fully saturated rings. The predicted molar refractivity (Wildman–Crippen MR) is 69.9 cm³/mol. The second-order valence-electron chi connectivity index (χ2n) is 5.58. The molecule has 3 nitrogen and oxygen atoms in total. The van der Waals surface area contributed by atoms with E-state index in [2.05, 4.69) is 9.97 Å². The van der Waals surface area contributed by atoms with Crippen LogP contribution in [0.4, 0.5) is 13.2 Å². The molecule has 1 aliphatic rings. The van der Waals surface area contributed by atoms with Crippen molar-refractivity contribution in [3.8, 4) is 0 Å². The fraction of sp³-hybridized carbons (Fsp3) is 0.500. The Bertz CT molecular complexity index is 566. The number of hydrogen-bond donors (Lipinski definition) is 2. The van der Waals surface area contributed by atoms with Crippen molar-refractivity contribution < 1.29 is 13.2 Å². The van der Waals surface area contributed by atoms with Crippen molar-refractivity contribution in [2.45, 2.75) is 31.5 Å². The highest BCUT2D eigenvalue weighted by molar-refractivity contribution is 5.74. The molecule has 2 aromatic rings. The van der Waals surface area contributed by atoms with Crippen LogP contribution in [0.25, 0.3) is 11.0 Å². The average Bonchev–Trinajstić information content (AvgIpc) is 2.75. The van der Waals surface area contributed by atoms with E-state index in [1.165, 1.54) is 0 Å². The molecule has 3 N–H and O–H groups in total. The molecule has 1 aliphatic carbocycles. The number of hydrogen-bond acceptors (Lipinski definition) is 2. The number of alkyl halides is 3.